The van der Waals surface area contributed by atoms with E-state index in [-0.39, 0.29) is 73.3 Å². The largest absolute Gasteiger partial charge is 0.487 e. The SMILES string of the molecule is CCC1(CC)C/C(=C\C(=O)Nc2ccc3c(c2)NC(=O)N([C@@H](C)CO)C3)c2ccc(C(F)(F)F)cc2O1.C[C@@H](CO)N1Cc2ccc(NC(=O)/C=C3\CC(C)(C)Oc4cc(C(F)(F)F)ccc43)cc2NC1=O.C[C@@H](CO)N1Cc2ccc(NC(=O)/C=C3\CC4(CCC4)Oc4cc(C(F)(F)F)ccc43)cc2NC1=O. The number of rotatable bonds is 14. The number of nitrogens with zero attached hydrogens (tertiary/aromatic N) is 3. The molecule has 0 radical (unpaired) electrons. The predicted molar refractivity (Wildman–Crippen MR) is 387 cm³/mol. The molecule has 6 aromatic carbocycles. The molecule has 30 heteroatoms. The van der Waals surface area contributed by atoms with E-state index in [2.05, 4.69) is 31.9 Å². The molecule has 9 N–H and O–H groups in total. The first kappa shape index (κ1) is 78.5. The van der Waals surface area contributed by atoms with E-state index in [0.29, 0.717) is 119 Å². The molecule has 1 aliphatic carbocycles. The Kier molecular flexibility index (Phi) is 22.5. The summed E-state index contributed by atoms with van der Waals surface area (Å²) in [7, 11) is 0. The first-order valence-electron chi connectivity index (χ1n) is 35.1. The lowest BCUT2D eigenvalue weighted by Crippen LogP contribution is -2.45. The van der Waals surface area contributed by atoms with E-state index in [1.165, 1.54) is 51.1 Å². The highest BCUT2D eigenvalue weighted by Crippen LogP contribution is 2.52. The van der Waals surface area contributed by atoms with Gasteiger partial charge in [0.05, 0.1) is 54.6 Å². The van der Waals surface area contributed by atoms with Gasteiger partial charge in [0.1, 0.15) is 34.1 Å². The average Bonchev–Trinajstić information content (AvgIpc) is 0.761. The van der Waals surface area contributed by atoms with Gasteiger partial charge in [0.2, 0.25) is 17.7 Å². The van der Waals surface area contributed by atoms with Crippen LogP contribution in [0.5, 0.6) is 17.2 Å². The number of aliphatic hydroxyl groups is 3. The summed E-state index contributed by atoms with van der Waals surface area (Å²) >= 11 is 0. The van der Waals surface area contributed by atoms with Gasteiger partial charge in [-0.3, -0.25) is 14.4 Å². The van der Waals surface area contributed by atoms with E-state index in [1.807, 2.05) is 13.8 Å². The van der Waals surface area contributed by atoms with Crippen LogP contribution in [-0.2, 0) is 52.5 Å². The van der Waals surface area contributed by atoms with E-state index >= 15 is 0 Å². The number of carbonyl (C=O) groups is 6. The number of nitrogens with one attached hydrogen (secondary N) is 6. The number of halogens is 9. The second-order valence-electron chi connectivity index (χ2n) is 28.5. The summed E-state index contributed by atoms with van der Waals surface area (Å²) in [6.07, 6.45) is -4.68. The van der Waals surface area contributed by atoms with Crippen LogP contribution in [0.2, 0.25) is 0 Å². The Morgan fingerprint density at radius 2 is 0.796 bits per heavy atom. The molecule has 0 saturated heterocycles. The minimum absolute atomic E-state index is 0.0771. The molecule has 7 aliphatic rings. The summed E-state index contributed by atoms with van der Waals surface area (Å²) in [5.41, 5.74) is 4.24. The minimum Gasteiger partial charge on any atom is -0.487 e. The fourth-order valence-corrected chi connectivity index (χ4v) is 13.8. The van der Waals surface area contributed by atoms with Gasteiger partial charge in [-0.25, -0.2) is 14.4 Å². The first-order valence-corrected chi connectivity index (χ1v) is 35.1. The quantitative estimate of drug-likeness (QED) is 0.0364. The zero-order valence-electron chi connectivity index (χ0n) is 60.0. The lowest BCUT2D eigenvalue weighted by atomic mass is 9.72. The van der Waals surface area contributed by atoms with Crippen molar-refractivity contribution in [1.82, 2.24) is 14.7 Å². The summed E-state index contributed by atoms with van der Waals surface area (Å²) in [5, 5.41) is 44.7. The zero-order chi connectivity index (χ0) is 78.2. The van der Waals surface area contributed by atoms with Crippen molar-refractivity contribution in [1.29, 1.82) is 0 Å². The van der Waals surface area contributed by atoms with Crippen molar-refractivity contribution in [3.8, 4) is 17.2 Å². The molecule has 6 aliphatic heterocycles. The maximum Gasteiger partial charge on any atom is 0.416 e. The third kappa shape index (κ3) is 17.7. The summed E-state index contributed by atoms with van der Waals surface area (Å²) in [6, 6.07) is 23.3. The summed E-state index contributed by atoms with van der Waals surface area (Å²) < 4.78 is 137. The Bertz CT molecular complexity index is 4600. The number of aliphatic hydroxyl groups excluding tert-OH is 3. The predicted octanol–water partition coefficient (Wildman–Crippen LogP) is 16.0. The highest BCUT2D eigenvalue weighted by Gasteiger charge is 2.46. The molecule has 0 unspecified atom stereocenters. The Morgan fingerprint density at radius 1 is 0.472 bits per heavy atom. The Balaban J connectivity index is 0.000000161. The standard InChI is InChI=1S/C27H30F3N3O4.C26H26F3N3O4.C25H26F3N3O4/c1-4-26(5-2)13-18(21-9-7-19(27(28,29)30)11-23(21)37-26)10-24(35)31-20-8-6-17-14-33(16(3)15-34)25(36)32-22(17)12-20;1-15(14-33)32-13-16-3-5-19(11-21(16)31-24(32)35)30-23(34)9-17-12-25(7-2-8-25)36-22-10-18(26(27,28)29)4-6-20(17)22;1-14(13-32)31-12-15-4-6-18(10-20(15)30-23(31)34)29-22(33)8-16-11-24(2,3)35-21-9-17(25(26,27)28)5-7-19(16)21/h6-12,16,34H,4-5,13-15H2,1-3H3,(H,31,35)(H,32,36);3-6,9-11,15,33H,2,7-8,12-14H2,1H3,(H,30,34)(H,31,35);4-10,14,32H,11-13H2,1-3H3,(H,29,33)(H,30,34)/b18-10+;17-9+;16-8+/t16-;15-;14-/m000/s1. The monoisotopic (exact) mass is 1510 g/mol. The summed E-state index contributed by atoms with van der Waals surface area (Å²) in [6.45, 7) is 13.1. The van der Waals surface area contributed by atoms with Crippen molar-refractivity contribution in [2.75, 3.05) is 51.7 Å². The number of hydrogen-bond acceptors (Lipinski definition) is 12. The topological polar surface area (TPSA) is 273 Å². The smallest absolute Gasteiger partial charge is 0.416 e. The van der Waals surface area contributed by atoms with E-state index in [0.717, 1.165) is 72.4 Å². The fourth-order valence-electron chi connectivity index (χ4n) is 13.8. The van der Waals surface area contributed by atoms with E-state index in [9.17, 15) is 83.6 Å². The van der Waals surface area contributed by atoms with Crippen LogP contribution in [0.4, 0.5) is 88.0 Å². The van der Waals surface area contributed by atoms with Crippen LogP contribution in [0.1, 0.15) is 150 Å². The maximum atomic E-state index is 13.3. The number of fused-ring (bicyclic) bond motifs is 6. The van der Waals surface area contributed by atoms with Gasteiger partial charge in [-0.2, -0.15) is 39.5 Å². The molecule has 108 heavy (non-hydrogen) atoms. The minimum atomic E-state index is -4.51. The normalized spacial score (nSPS) is 19.1. The van der Waals surface area contributed by atoms with Crippen molar-refractivity contribution in [3.05, 3.63) is 177 Å². The number of ether oxygens (including phenoxy) is 3. The molecule has 3 atom stereocenters. The van der Waals surface area contributed by atoms with Crippen molar-refractivity contribution < 1.29 is 97.8 Å². The molecule has 9 amide bonds. The lowest BCUT2D eigenvalue weighted by molar-refractivity contribution is -0.138. The molecular formula is C78H82F9N9O12. The second kappa shape index (κ2) is 30.9. The number of amides is 9. The molecule has 21 nitrogen and oxygen atoms in total. The van der Waals surface area contributed by atoms with Crippen LogP contribution in [0.25, 0.3) is 16.7 Å². The second-order valence-corrected chi connectivity index (χ2v) is 28.5. The molecular weight excluding hydrogens is 1430 g/mol. The van der Waals surface area contributed by atoms with Crippen LogP contribution in [0, 0.1) is 0 Å². The van der Waals surface area contributed by atoms with Gasteiger partial charge in [-0.1, -0.05) is 50.2 Å². The number of anilines is 6. The molecule has 574 valence electrons. The number of alkyl halides is 9. The number of hydrogen-bond donors (Lipinski definition) is 9. The van der Waals surface area contributed by atoms with Crippen molar-refractivity contribution >= 4 is 86.7 Å². The van der Waals surface area contributed by atoms with Gasteiger partial charge in [-0.15, -0.1) is 0 Å². The summed E-state index contributed by atoms with van der Waals surface area (Å²) in [4.78, 5) is 80.4. The van der Waals surface area contributed by atoms with Crippen molar-refractivity contribution in [3.63, 3.8) is 0 Å². The van der Waals surface area contributed by atoms with E-state index < -0.39 is 69.7 Å². The molecule has 0 bridgehead atoms. The maximum absolute atomic E-state index is 13.3. The molecule has 6 heterocycles. The zero-order valence-corrected chi connectivity index (χ0v) is 60.0. The van der Waals surface area contributed by atoms with E-state index in [4.69, 9.17) is 14.2 Å². The van der Waals surface area contributed by atoms with Gasteiger partial charge in [-0.05, 0) is 173 Å². The molecule has 1 saturated carbocycles. The molecule has 1 spiro atoms. The van der Waals surface area contributed by atoms with Crippen molar-refractivity contribution in [2.24, 2.45) is 0 Å². The van der Waals surface area contributed by atoms with Crippen LogP contribution < -0.4 is 46.1 Å². The van der Waals surface area contributed by atoms with Gasteiger partial charge in [0.15, 0.2) is 0 Å². The third-order valence-electron chi connectivity index (χ3n) is 20.2. The highest BCUT2D eigenvalue weighted by molar-refractivity contribution is 6.08. The molecule has 6 aromatic rings. The summed E-state index contributed by atoms with van der Waals surface area (Å²) in [5.74, 6) is -0.990. The number of benzene rings is 6. The number of urea groups is 3. The first-order chi connectivity index (χ1) is 50.9. The molecule has 1 fully saturated rings. The van der Waals surface area contributed by atoms with Gasteiger partial charge in [0, 0.05) is 108 Å². The van der Waals surface area contributed by atoms with E-state index in [1.54, 1.807) is 89.2 Å². The van der Waals surface area contributed by atoms with Gasteiger partial charge >= 0.3 is 36.6 Å². The van der Waals surface area contributed by atoms with Crippen LogP contribution in [0.15, 0.2) is 127 Å². The average molecular weight is 1510 g/mol. The molecule has 13 rings (SSSR count). The van der Waals surface area contributed by atoms with Gasteiger partial charge in [0.25, 0.3) is 0 Å². The number of carbonyl (C=O) groups excluding carboxylic acids is 6. The Labute approximate surface area is 616 Å². The van der Waals surface area contributed by atoms with Crippen LogP contribution >= 0.6 is 0 Å². The van der Waals surface area contributed by atoms with Crippen molar-refractivity contribution in [2.45, 2.75) is 173 Å². The Hall–Kier alpha value is -10.6. The molecule has 0 aromatic heterocycles. The highest BCUT2D eigenvalue weighted by atomic mass is 19.4. The third-order valence-corrected chi connectivity index (χ3v) is 20.2. The van der Waals surface area contributed by atoms with Crippen LogP contribution in [0.3, 0.4) is 0 Å². The lowest BCUT2D eigenvalue weighted by Gasteiger charge is -2.46. The fraction of sp³-hybridized carbons (Fsp3) is 0.385. The Morgan fingerprint density at radius 3 is 1.11 bits per heavy atom. The van der Waals surface area contributed by atoms with Crippen LogP contribution in [-0.4, -0.2) is 121 Å². The van der Waals surface area contributed by atoms with Gasteiger partial charge < -0.3 is 76.1 Å².